The van der Waals surface area contributed by atoms with Gasteiger partial charge in [0.1, 0.15) is 11.4 Å². The van der Waals surface area contributed by atoms with Gasteiger partial charge >= 0.3 is 5.97 Å². The number of carbonyl (C=O) groups is 3. The van der Waals surface area contributed by atoms with Crippen LogP contribution in [0.2, 0.25) is 0 Å². The number of imide groups is 1. The number of methoxy groups -OCH3 is 1. The van der Waals surface area contributed by atoms with Crippen LogP contribution in [-0.2, 0) is 4.84 Å². The first-order chi connectivity index (χ1) is 12.5. The molecule has 130 valence electrons. The Labute approximate surface area is 148 Å². The van der Waals surface area contributed by atoms with Gasteiger partial charge in [-0.25, -0.2) is 4.79 Å². The summed E-state index contributed by atoms with van der Waals surface area (Å²) < 4.78 is 5.21. The quantitative estimate of drug-likeness (QED) is 0.734. The van der Waals surface area contributed by atoms with Gasteiger partial charge in [0.05, 0.1) is 18.2 Å². The second-order valence-corrected chi connectivity index (χ2v) is 5.92. The molecular formula is C19H14N2O5. The number of hydrogen-bond acceptors (Lipinski definition) is 5. The van der Waals surface area contributed by atoms with Crippen molar-refractivity contribution in [3.05, 3.63) is 64.8 Å². The minimum atomic E-state index is -0.825. The number of nitrogens with one attached hydrogen (secondary N) is 1. The number of amides is 2. The number of nitrogens with zero attached hydrogens (tertiary/aromatic N) is 1. The number of aryl methyl sites for hydroxylation is 1. The highest BCUT2D eigenvalue weighted by Gasteiger charge is 2.39. The fourth-order valence-corrected chi connectivity index (χ4v) is 3.00. The summed E-state index contributed by atoms with van der Waals surface area (Å²) >= 11 is 0. The zero-order valence-electron chi connectivity index (χ0n) is 14.0. The summed E-state index contributed by atoms with van der Waals surface area (Å²) in [5.74, 6) is -1.49. The van der Waals surface area contributed by atoms with Gasteiger partial charge in [0.15, 0.2) is 0 Å². The van der Waals surface area contributed by atoms with Crippen LogP contribution in [0.25, 0.3) is 10.9 Å². The van der Waals surface area contributed by atoms with Crippen LogP contribution in [0.3, 0.4) is 0 Å². The van der Waals surface area contributed by atoms with Gasteiger partial charge in [0, 0.05) is 17.0 Å². The third kappa shape index (κ3) is 2.33. The molecule has 0 fully saturated rings. The fourth-order valence-electron chi connectivity index (χ4n) is 3.00. The number of rotatable bonds is 3. The Hall–Kier alpha value is -3.61. The maximum atomic E-state index is 12.4. The molecule has 0 radical (unpaired) electrons. The minimum Gasteiger partial charge on any atom is -0.497 e. The van der Waals surface area contributed by atoms with Gasteiger partial charge in [0.25, 0.3) is 11.8 Å². The summed E-state index contributed by atoms with van der Waals surface area (Å²) in [6.07, 6.45) is 0. The summed E-state index contributed by atoms with van der Waals surface area (Å²) in [4.78, 5) is 45.0. The molecule has 3 aromatic rings. The van der Waals surface area contributed by atoms with Crippen molar-refractivity contribution >= 4 is 28.7 Å². The van der Waals surface area contributed by atoms with Crippen LogP contribution in [0.5, 0.6) is 5.75 Å². The summed E-state index contributed by atoms with van der Waals surface area (Å²) in [6, 6.07) is 11.5. The highest BCUT2D eigenvalue weighted by Crippen LogP contribution is 2.27. The number of aromatic amines is 1. The molecule has 1 aliphatic heterocycles. The van der Waals surface area contributed by atoms with Gasteiger partial charge in [0.2, 0.25) is 0 Å². The average molecular weight is 350 g/mol. The number of benzene rings is 2. The predicted molar refractivity (Wildman–Crippen MR) is 91.9 cm³/mol. The predicted octanol–water partition coefficient (Wildman–Crippen LogP) is 2.85. The molecule has 0 saturated carbocycles. The molecule has 0 unspecified atom stereocenters. The zero-order valence-corrected chi connectivity index (χ0v) is 14.0. The molecule has 4 rings (SSSR count). The van der Waals surface area contributed by atoms with Crippen molar-refractivity contribution in [3.63, 3.8) is 0 Å². The summed E-state index contributed by atoms with van der Waals surface area (Å²) in [6.45, 7) is 1.89. The Kier molecular flexibility index (Phi) is 3.50. The second-order valence-electron chi connectivity index (χ2n) is 5.92. The van der Waals surface area contributed by atoms with E-state index in [1.54, 1.807) is 31.4 Å². The Morgan fingerprint density at radius 1 is 1.04 bits per heavy atom. The minimum absolute atomic E-state index is 0.132. The van der Waals surface area contributed by atoms with E-state index in [4.69, 9.17) is 9.57 Å². The average Bonchev–Trinajstić information content (AvgIpc) is 3.18. The molecule has 1 N–H and O–H groups in total. The SMILES string of the molecule is COc1cc(C)c2cc(C(=O)ON3C(=O)c4ccccc4C3=O)[nH]c2c1. The van der Waals surface area contributed by atoms with Gasteiger partial charge in [-0.1, -0.05) is 17.2 Å². The van der Waals surface area contributed by atoms with E-state index in [0.29, 0.717) is 16.3 Å². The lowest BCUT2D eigenvalue weighted by atomic mass is 10.1. The molecule has 26 heavy (non-hydrogen) atoms. The normalized spacial score (nSPS) is 13.2. The Morgan fingerprint density at radius 3 is 2.31 bits per heavy atom. The van der Waals surface area contributed by atoms with Crippen LogP contribution in [0.1, 0.15) is 36.8 Å². The van der Waals surface area contributed by atoms with Crippen molar-refractivity contribution < 1.29 is 24.0 Å². The summed E-state index contributed by atoms with van der Waals surface area (Å²) in [7, 11) is 1.56. The monoisotopic (exact) mass is 350 g/mol. The van der Waals surface area contributed by atoms with Crippen molar-refractivity contribution in [2.24, 2.45) is 0 Å². The molecular weight excluding hydrogens is 336 g/mol. The lowest BCUT2D eigenvalue weighted by Crippen LogP contribution is -2.32. The maximum absolute atomic E-state index is 12.4. The lowest BCUT2D eigenvalue weighted by Gasteiger charge is -2.11. The largest absolute Gasteiger partial charge is 0.497 e. The molecule has 1 aliphatic rings. The number of aromatic nitrogens is 1. The third-order valence-corrected chi connectivity index (χ3v) is 4.30. The Bertz CT molecular complexity index is 1050. The van der Waals surface area contributed by atoms with E-state index in [2.05, 4.69) is 4.98 Å². The van der Waals surface area contributed by atoms with Gasteiger partial charge in [-0.15, -0.1) is 0 Å². The van der Waals surface area contributed by atoms with Gasteiger partial charge in [-0.05, 0) is 36.8 Å². The number of ether oxygens (including phenoxy) is 1. The van der Waals surface area contributed by atoms with Gasteiger partial charge < -0.3 is 14.6 Å². The first-order valence-corrected chi connectivity index (χ1v) is 7.87. The molecule has 0 bridgehead atoms. The van der Waals surface area contributed by atoms with Crippen molar-refractivity contribution in [1.82, 2.24) is 10.0 Å². The van der Waals surface area contributed by atoms with E-state index in [0.717, 1.165) is 10.9 Å². The van der Waals surface area contributed by atoms with E-state index in [1.807, 2.05) is 13.0 Å². The molecule has 0 spiro atoms. The molecule has 7 nitrogen and oxygen atoms in total. The number of hydroxylamine groups is 2. The number of carbonyl (C=O) groups excluding carboxylic acids is 3. The number of hydrogen-bond donors (Lipinski definition) is 1. The molecule has 2 aromatic carbocycles. The van der Waals surface area contributed by atoms with Gasteiger partial charge in [-0.2, -0.15) is 0 Å². The molecule has 7 heteroatoms. The highest BCUT2D eigenvalue weighted by molar-refractivity contribution is 6.21. The smallest absolute Gasteiger partial charge is 0.380 e. The van der Waals surface area contributed by atoms with Crippen LogP contribution < -0.4 is 4.74 Å². The van der Waals surface area contributed by atoms with E-state index < -0.39 is 17.8 Å². The zero-order chi connectivity index (χ0) is 18.4. The van der Waals surface area contributed by atoms with Crippen LogP contribution in [0.15, 0.2) is 42.5 Å². The van der Waals surface area contributed by atoms with Gasteiger partial charge in [-0.3, -0.25) is 9.59 Å². The van der Waals surface area contributed by atoms with Crippen molar-refractivity contribution in [1.29, 1.82) is 0 Å². The molecule has 0 saturated heterocycles. The molecule has 1 aromatic heterocycles. The van der Waals surface area contributed by atoms with Crippen molar-refractivity contribution in [3.8, 4) is 5.75 Å². The topological polar surface area (TPSA) is 88.7 Å². The van der Waals surface area contributed by atoms with E-state index in [9.17, 15) is 14.4 Å². The molecule has 2 heterocycles. The first-order valence-electron chi connectivity index (χ1n) is 7.87. The Balaban J connectivity index is 1.63. The highest BCUT2D eigenvalue weighted by atomic mass is 16.7. The molecule has 0 atom stereocenters. The molecule has 0 aliphatic carbocycles. The second kappa shape index (κ2) is 5.73. The Morgan fingerprint density at radius 2 is 1.69 bits per heavy atom. The standard InChI is InChI=1S/C19H14N2O5/c1-10-7-11(25-2)8-15-14(10)9-16(20-15)19(24)26-21-17(22)12-5-3-4-6-13(12)18(21)23/h3-9,20H,1-2H3. The fraction of sp³-hybridized carbons (Fsp3) is 0.105. The van der Waals surface area contributed by atoms with Crippen LogP contribution in [0.4, 0.5) is 0 Å². The van der Waals surface area contributed by atoms with E-state index in [1.165, 1.54) is 12.1 Å². The van der Waals surface area contributed by atoms with Crippen molar-refractivity contribution in [2.45, 2.75) is 6.92 Å². The lowest BCUT2D eigenvalue weighted by molar-refractivity contribution is -0.0587. The molecule has 2 amide bonds. The summed E-state index contributed by atoms with van der Waals surface area (Å²) in [5, 5.41) is 1.31. The first kappa shape index (κ1) is 15.9. The van der Waals surface area contributed by atoms with Crippen LogP contribution in [-0.4, -0.2) is 34.9 Å². The van der Waals surface area contributed by atoms with Crippen LogP contribution >= 0.6 is 0 Å². The third-order valence-electron chi connectivity index (χ3n) is 4.30. The van der Waals surface area contributed by atoms with Crippen molar-refractivity contribution in [2.75, 3.05) is 7.11 Å². The van der Waals surface area contributed by atoms with E-state index in [-0.39, 0.29) is 16.8 Å². The summed E-state index contributed by atoms with van der Waals surface area (Å²) in [5.41, 5.74) is 2.16. The number of H-pyrrole nitrogens is 1. The van der Waals surface area contributed by atoms with Crippen LogP contribution in [0, 0.1) is 6.92 Å². The van der Waals surface area contributed by atoms with E-state index >= 15 is 0 Å². The maximum Gasteiger partial charge on any atom is 0.380 e. The number of fused-ring (bicyclic) bond motifs is 2.